The quantitative estimate of drug-likeness (QED) is 0.120. The van der Waals surface area contributed by atoms with Crippen molar-refractivity contribution in [3.63, 3.8) is 0 Å². The van der Waals surface area contributed by atoms with Gasteiger partial charge in [-0.3, -0.25) is 4.90 Å². The molecule has 4 atom stereocenters. The lowest BCUT2D eigenvalue weighted by Crippen LogP contribution is -2.44. The van der Waals surface area contributed by atoms with Gasteiger partial charge in [0.2, 0.25) is 0 Å². The highest BCUT2D eigenvalue weighted by Gasteiger charge is 2.45. The van der Waals surface area contributed by atoms with Gasteiger partial charge in [0.15, 0.2) is 11.5 Å². The lowest BCUT2D eigenvalue weighted by Gasteiger charge is -2.47. The fraction of sp³-hybridized carbons (Fsp3) is 0.250. The molecular weight excluding hydrogens is 588 g/mol. The first-order chi connectivity index (χ1) is 22.2. The van der Waals surface area contributed by atoms with Crippen molar-refractivity contribution in [1.82, 2.24) is 9.88 Å². The van der Waals surface area contributed by atoms with Gasteiger partial charge in [-0.05, 0) is 59.4 Å². The van der Waals surface area contributed by atoms with Gasteiger partial charge in [-0.15, -0.1) is 0 Å². The summed E-state index contributed by atoms with van der Waals surface area (Å²) >= 11 is 0. The highest BCUT2D eigenvalue weighted by atomic mass is 16.5. The van der Waals surface area contributed by atoms with Crippen molar-refractivity contribution in [3.8, 4) is 28.7 Å². The third-order valence-electron chi connectivity index (χ3n) is 9.83. The molecule has 3 aliphatic rings. The number of aromatic amines is 1. The first-order valence-electron chi connectivity index (χ1n) is 15.2. The number of carbonyl (C=O) groups is 1. The summed E-state index contributed by atoms with van der Waals surface area (Å²) in [5, 5.41) is 55.1. The van der Waals surface area contributed by atoms with Crippen molar-refractivity contribution in [2.24, 2.45) is 0 Å². The highest BCUT2D eigenvalue weighted by Crippen LogP contribution is 2.55. The van der Waals surface area contributed by atoms with Crippen molar-refractivity contribution in [1.29, 1.82) is 0 Å². The summed E-state index contributed by atoms with van der Waals surface area (Å²) in [4.78, 5) is 19.0. The number of ether oxygens (including phenoxy) is 2. The number of methoxy groups -OCH3 is 1. The zero-order valence-corrected chi connectivity index (χ0v) is 24.9. The maximum atomic E-state index is 13.1. The number of aliphatic hydroxyl groups is 1. The number of H-pyrrole nitrogens is 1. The molecule has 0 radical (unpaired) electrons. The number of aromatic nitrogens is 1. The number of hydrogen-bond acceptors (Lipinski definition) is 9. The zero-order chi connectivity index (χ0) is 31.9. The van der Waals surface area contributed by atoms with Crippen LogP contribution < -0.4 is 4.74 Å². The van der Waals surface area contributed by atoms with Crippen LogP contribution in [0.2, 0.25) is 0 Å². The van der Waals surface area contributed by atoms with Crippen LogP contribution in [0.4, 0.5) is 0 Å². The monoisotopic (exact) mass is 620 g/mol. The minimum Gasteiger partial charge on any atom is -0.507 e. The Balaban J connectivity index is 1.34. The number of aliphatic hydroxyl groups excluding tert-OH is 1. The van der Waals surface area contributed by atoms with Crippen LogP contribution in [0.25, 0.3) is 10.9 Å². The van der Waals surface area contributed by atoms with E-state index in [-0.39, 0.29) is 41.2 Å². The molecule has 0 bridgehead atoms. The average Bonchev–Trinajstić information content (AvgIpc) is 3.44. The maximum Gasteiger partial charge on any atom is 0.338 e. The summed E-state index contributed by atoms with van der Waals surface area (Å²) in [6.45, 7) is 0.638. The Morgan fingerprint density at radius 3 is 2.52 bits per heavy atom. The van der Waals surface area contributed by atoms with Crippen molar-refractivity contribution in [3.05, 3.63) is 111 Å². The summed E-state index contributed by atoms with van der Waals surface area (Å²) in [7, 11) is 1.35. The first-order valence-corrected chi connectivity index (χ1v) is 15.2. The SMILES string of the molecule is COC(=O)c1cccc2c1C[C@H]1c3[nH]c4ccccc4c3CCN1[C@H]2c1c(O)cc(O)c2c1O[C@H](c1ccc(O)c(O)c1)[C@@H](O)C2. The molecule has 46 heavy (non-hydrogen) atoms. The van der Waals surface area contributed by atoms with Gasteiger partial charge in [0.1, 0.15) is 23.4 Å². The largest absolute Gasteiger partial charge is 0.507 e. The number of phenolic OH excluding ortho intramolecular Hbond substituents is 4. The van der Waals surface area contributed by atoms with Crippen LogP contribution in [0.5, 0.6) is 28.7 Å². The molecular formula is C36H32N2O8. The van der Waals surface area contributed by atoms with E-state index in [4.69, 9.17) is 9.47 Å². The number of esters is 1. The van der Waals surface area contributed by atoms with E-state index >= 15 is 0 Å². The number of aromatic hydroxyl groups is 4. The molecule has 5 aromatic rings. The van der Waals surface area contributed by atoms with Crippen LogP contribution in [0.15, 0.2) is 66.7 Å². The van der Waals surface area contributed by atoms with Crippen molar-refractivity contribution in [2.75, 3.05) is 13.7 Å². The molecule has 0 unspecified atom stereocenters. The number of nitrogens with zero attached hydrogens (tertiary/aromatic N) is 1. The molecule has 10 heteroatoms. The molecule has 0 spiro atoms. The van der Waals surface area contributed by atoms with Gasteiger partial charge >= 0.3 is 5.97 Å². The Morgan fingerprint density at radius 1 is 0.891 bits per heavy atom. The van der Waals surface area contributed by atoms with Crippen LogP contribution >= 0.6 is 0 Å². The third-order valence-corrected chi connectivity index (χ3v) is 9.83. The van der Waals surface area contributed by atoms with Crippen LogP contribution in [0.1, 0.15) is 67.6 Å². The fourth-order valence-corrected chi connectivity index (χ4v) is 7.76. The minimum absolute atomic E-state index is 0.0120. The van der Waals surface area contributed by atoms with Gasteiger partial charge in [0, 0.05) is 41.2 Å². The van der Waals surface area contributed by atoms with Gasteiger partial charge < -0.3 is 40.0 Å². The van der Waals surface area contributed by atoms with E-state index in [2.05, 4.69) is 22.0 Å². The lowest BCUT2D eigenvalue weighted by atomic mass is 9.77. The van der Waals surface area contributed by atoms with Gasteiger partial charge in [-0.2, -0.15) is 0 Å². The van der Waals surface area contributed by atoms with Crippen molar-refractivity contribution < 1.29 is 39.8 Å². The summed E-state index contributed by atoms with van der Waals surface area (Å²) in [5.41, 5.74) is 6.49. The van der Waals surface area contributed by atoms with E-state index in [1.54, 1.807) is 18.2 Å². The van der Waals surface area contributed by atoms with E-state index in [0.717, 1.165) is 34.1 Å². The lowest BCUT2D eigenvalue weighted by molar-refractivity contribution is 0.0170. The standard InChI is InChI=1S/C36H32N2O8/c1-45-36(44)21-7-4-6-20-22(21)14-25-32-19(18-5-2-3-8-24(18)37-32)11-12-38(25)33(20)31-29(42)16-27(40)23-15-30(43)34(46-35(23)31)17-9-10-26(39)28(41)13-17/h2-10,13,16,25,30,33-34,37,39-43H,11-12,14-15H2,1H3/t25-,30-,33+,34+/m0/s1. The molecule has 4 heterocycles. The molecule has 0 fully saturated rings. The first kappa shape index (κ1) is 28.3. The number of fused-ring (bicyclic) bond motifs is 7. The molecule has 10 nitrogen and oxygen atoms in total. The van der Waals surface area contributed by atoms with Gasteiger partial charge in [-0.1, -0.05) is 36.4 Å². The highest BCUT2D eigenvalue weighted by molar-refractivity contribution is 5.92. The Bertz CT molecular complexity index is 2050. The molecule has 8 rings (SSSR count). The zero-order valence-electron chi connectivity index (χ0n) is 24.9. The summed E-state index contributed by atoms with van der Waals surface area (Å²) in [6, 6.07) is 18.3. The number of nitrogens with one attached hydrogen (secondary N) is 1. The Kier molecular flexibility index (Phi) is 6.42. The van der Waals surface area contributed by atoms with Crippen LogP contribution in [0.3, 0.4) is 0 Å². The Morgan fingerprint density at radius 2 is 1.72 bits per heavy atom. The Hall–Kier alpha value is -5.19. The van der Waals surface area contributed by atoms with E-state index in [1.807, 2.05) is 18.2 Å². The second-order valence-corrected chi connectivity index (χ2v) is 12.2. The smallest absolute Gasteiger partial charge is 0.338 e. The van der Waals surface area contributed by atoms with E-state index in [9.17, 15) is 30.3 Å². The van der Waals surface area contributed by atoms with Gasteiger partial charge in [0.05, 0.1) is 36.4 Å². The number of hydrogen-bond donors (Lipinski definition) is 6. The van der Waals surface area contributed by atoms with Crippen LogP contribution in [-0.4, -0.2) is 61.1 Å². The average molecular weight is 621 g/mol. The molecule has 3 aliphatic heterocycles. The molecule has 4 aromatic carbocycles. The van der Waals surface area contributed by atoms with Crippen molar-refractivity contribution in [2.45, 2.75) is 43.6 Å². The fourth-order valence-electron chi connectivity index (χ4n) is 7.76. The van der Waals surface area contributed by atoms with Gasteiger partial charge in [0.25, 0.3) is 0 Å². The van der Waals surface area contributed by atoms with Crippen molar-refractivity contribution >= 4 is 16.9 Å². The number of benzene rings is 4. The normalized spacial score (nSPS) is 21.9. The van der Waals surface area contributed by atoms with Gasteiger partial charge in [-0.25, -0.2) is 4.79 Å². The van der Waals surface area contributed by atoms with Crippen LogP contribution in [0, 0.1) is 0 Å². The summed E-state index contributed by atoms with van der Waals surface area (Å²) in [5.74, 6) is -1.31. The van der Waals surface area contributed by atoms with E-state index in [0.29, 0.717) is 35.2 Å². The Labute approximate surface area is 263 Å². The molecule has 0 saturated heterocycles. The number of rotatable bonds is 3. The predicted octanol–water partition coefficient (Wildman–Crippen LogP) is 5.06. The molecule has 0 amide bonds. The second kappa shape index (κ2) is 10.4. The van der Waals surface area contributed by atoms with E-state index < -0.39 is 24.2 Å². The van der Waals surface area contributed by atoms with Crippen LogP contribution in [-0.2, 0) is 24.0 Å². The maximum absolute atomic E-state index is 13.1. The molecule has 0 saturated carbocycles. The number of carbonyl (C=O) groups excluding carboxylic acids is 1. The number of para-hydroxylation sites is 1. The molecule has 0 aliphatic carbocycles. The molecule has 6 N–H and O–H groups in total. The topological polar surface area (TPSA) is 156 Å². The predicted molar refractivity (Wildman–Crippen MR) is 167 cm³/mol. The molecule has 234 valence electrons. The molecule has 1 aromatic heterocycles. The second-order valence-electron chi connectivity index (χ2n) is 12.2. The van der Waals surface area contributed by atoms with E-state index in [1.165, 1.54) is 30.9 Å². The third kappa shape index (κ3) is 4.14. The summed E-state index contributed by atoms with van der Waals surface area (Å²) < 4.78 is 11.7. The number of phenols is 4. The summed E-state index contributed by atoms with van der Waals surface area (Å²) in [6.07, 6.45) is -0.791. The minimum atomic E-state index is -1.10.